The normalized spacial score (nSPS) is 11.4. The minimum absolute atomic E-state index is 0.401. The predicted molar refractivity (Wildman–Crippen MR) is 61.9 cm³/mol. The standard InChI is InChI=1S/C10H7BrN4O/c1-6-2-3-8-9(4-6)14-10(15(16)13-8)7(11)5-12-14/h2-5H,1H3. The third-order valence-corrected chi connectivity index (χ3v) is 3.00. The first-order valence-electron chi connectivity index (χ1n) is 4.70. The van der Waals surface area contributed by atoms with Gasteiger partial charge in [-0.05, 0) is 40.5 Å². The molecule has 3 aromatic rings. The van der Waals surface area contributed by atoms with Crippen LogP contribution in [0.3, 0.4) is 0 Å². The van der Waals surface area contributed by atoms with Crippen LogP contribution in [0.4, 0.5) is 0 Å². The Morgan fingerprint density at radius 2 is 2.25 bits per heavy atom. The van der Waals surface area contributed by atoms with E-state index in [4.69, 9.17) is 0 Å². The molecule has 3 rings (SSSR count). The second kappa shape index (κ2) is 3.15. The predicted octanol–water partition coefficient (Wildman–Crippen LogP) is 1.59. The zero-order chi connectivity index (χ0) is 11.3. The van der Waals surface area contributed by atoms with Crippen molar-refractivity contribution in [3.8, 4) is 0 Å². The quantitative estimate of drug-likeness (QED) is 0.464. The smallest absolute Gasteiger partial charge is 0.348 e. The van der Waals surface area contributed by atoms with Gasteiger partial charge in [0.2, 0.25) is 0 Å². The molecule has 0 aliphatic heterocycles. The van der Waals surface area contributed by atoms with E-state index in [1.807, 2.05) is 25.1 Å². The van der Waals surface area contributed by atoms with Crippen LogP contribution in [0.1, 0.15) is 5.56 Å². The largest absolute Gasteiger partial charge is 0.691 e. The molecule has 0 aliphatic carbocycles. The van der Waals surface area contributed by atoms with Crippen molar-refractivity contribution < 1.29 is 4.85 Å². The van der Waals surface area contributed by atoms with E-state index in [-0.39, 0.29) is 0 Å². The highest BCUT2D eigenvalue weighted by molar-refractivity contribution is 9.10. The lowest BCUT2D eigenvalue weighted by Gasteiger charge is -2.03. The van der Waals surface area contributed by atoms with E-state index < -0.39 is 0 Å². The maximum absolute atomic E-state index is 11.7. The van der Waals surface area contributed by atoms with Crippen LogP contribution in [0.2, 0.25) is 0 Å². The maximum atomic E-state index is 11.7. The first-order chi connectivity index (χ1) is 7.66. The average Bonchev–Trinajstić information content (AvgIpc) is 2.63. The second-order valence-electron chi connectivity index (χ2n) is 3.59. The van der Waals surface area contributed by atoms with Crippen LogP contribution < -0.4 is 4.85 Å². The fraction of sp³-hybridized carbons (Fsp3) is 0.100. The van der Waals surface area contributed by atoms with Gasteiger partial charge >= 0.3 is 5.65 Å². The number of aryl methyl sites for hydroxylation is 1. The lowest BCUT2D eigenvalue weighted by atomic mass is 10.2. The van der Waals surface area contributed by atoms with Gasteiger partial charge in [0, 0.05) is 0 Å². The molecule has 80 valence electrons. The zero-order valence-corrected chi connectivity index (χ0v) is 9.97. The van der Waals surface area contributed by atoms with Gasteiger partial charge in [-0.25, -0.2) is 0 Å². The Kier molecular flexibility index (Phi) is 1.88. The van der Waals surface area contributed by atoms with Crippen molar-refractivity contribution in [2.75, 3.05) is 0 Å². The van der Waals surface area contributed by atoms with Gasteiger partial charge in [0.25, 0.3) is 0 Å². The summed E-state index contributed by atoms with van der Waals surface area (Å²) in [5.74, 6) is 0. The van der Waals surface area contributed by atoms with Crippen molar-refractivity contribution >= 4 is 32.6 Å². The minimum Gasteiger partial charge on any atom is -0.691 e. The average molecular weight is 279 g/mol. The number of benzene rings is 1. The molecule has 16 heavy (non-hydrogen) atoms. The van der Waals surface area contributed by atoms with E-state index in [1.165, 1.54) is 0 Å². The molecule has 1 aromatic carbocycles. The topological polar surface area (TPSA) is 57.1 Å². The van der Waals surface area contributed by atoms with Crippen LogP contribution in [-0.4, -0.2) is 14.7 Å². The molecule has 0 saturated carbocycles. The van der Waals surface area contributed by atoms with E-state index in [0.29, 0.717) is 20.5 Å². The van der Waals surface area contributed by atoms with Crippen LogP contribution in [0.25, 0.3) is 16.7 Å². The Morgan fingerprint density at radius 1 is 1.44 bits per heavy atom. The molecule has 0 saturated heterocycles. The highest BCUT2D eigenvalue weighted by Gasteiger charge is 2.16. The number of halogens is 1. The molecule has 5 nitrogen and oxygen atoms in total. The summed E-state index contributed by atoms with van der Waals surface area (Å²) in [6.07, 6.45) is 1.59. The molecule has 2 aromatic heterocycles. The van der Waals surface area contributed by atoms with Gasteiger partial charge in [-0.15, -0.1) is 4.85 Å². The summed E-state index contributed by atoms with van der Waals surface area (Å²) >= 11 is 3.28. The first kappa shape index (κ1) is 9.53. The highest BCUT2D eigenvalue weighted by atomic mass is 79.9. The highest BCUT2D eigenvalue weighted by Crippen LogP contribution is 2.18. The Balaban J connectivity index is 2.61. The van der Waals surface area contributed by atoms with Crippen molar-refractivity contribution in [2.45, 2.75) is 6.92 Å². The number of fused-ring (bicyclic) bond motifs is 3. The SMILES string of the molecule is Cc1ccc2n[n+]([O-])c3c(Br)cnn3c2c1. The molecule has 0 spiro atoms. The zero-order valence-electron chi connectivity index (χ0n) is 8.38. The van der Waals surface area contributed by atoms with Gasteiger partial charge in [-0.2, -0.15) is 0 Å². The molecule has 0 fully saturated rings. The number of hydrogen-bond donors (Lipinski definition) is 0. The number of aromatic nitrogens is 4. The van der Waals surface area contributed by atoms with E-state index in [1.54, 1.807) is 10.7 Å². The first-order valence-corrected chi connectivity index (χ1v) is 5.49. The van der Waals surface area contributed by atoms with Crippen molar-refractivity contribution in [3.05, 3.63) is 39.6 Å². The summed E-state index contributed by atoms with van der Waals surface area (Å²) in [4.78, 5) is 0.578. The van der Waals surface area contributed by atoms with Crippen molar-refractivity contribution in [3.63, 3.8) is 0 Å². The Labute approximate surface area is 99.0 Å². The number of rotatable bonds is 0. The van der Waals surface area contributed by atoms with Crippen molar-refractivity contribution in [2.24, 2.45) is 0 Å². The van der Waals surface area contributed by atoms with Crippen molar-refractivity contribution in [1.29, 1.82) is 0 Å². The summed E-state index contributed by atoms with van der Waals surface area (Å²) in [6, 6.07) is 5.68. The monoisotopic (exact) mass is 278 g/mol. The third kappa shape index (κ3) is 1.19. The molecule has 0 unspecified atom stereocenters. The molecular formula is C10H7BrN4O. The van der Waals surface area contributed by atoms with E-state index >= 15 is 0 Å². The van der Waals surface area contributed by atoms with E-state index in [2.05, 4.69) is 26.1 Å². The molecule has 0 atom stereocenters. The van der Waals surface area contributed by atoms with Crippen LogP contribution >= 0.6 is 15.9 Å². The summed E-state index contributed by atoms with van der Waals surface area (Å²) in [7, 11) is 0. The lowest BCUT2D eigenvalue weighted by Crippen LogP contribution is -2.33. The number of hydrogen-bond acceptors (Lipinski definition) is 3. The summed E-state index contributed by atoms with van der Waals surface area (Å²) in [5, 5.41) is 19.8. The minimum atomic E-state index is 0.401. The van der Waals surface area contributed by atoms with Gasteiger partial charge in [-0.1, -0.05) is 20.8 Å². The Bertz CT molecular complexity index is 707. The molecule has 0 bridgehead atoms. The van der Waals surface area contributed by atoms with Crippen molar-refractivity contribution in [1.82, 2.24) is 14.7 Å². The fourth-order valence-corrected chi connectivity index (χ4v) is 2.11. The summed E-state index contributed by atoms with van der Waals surface area (Å²) in [5.41, 5.74) is 2.96. The molecule has 2 heterocycles. The van der Waals surface area contributed by atoms with Gasteiger partial charge in [0.15, 0.2) is 11.0 Å². The third-order valence-electron chi connectivity index (χ3n) is 2.44. The van der Waals surface area contributed by atoms with Gasteiger partial charge < -0.3 is 5.21 Å². The Hall–Kier alpha value is -1.69. The summed E-state index contributed by atoms with van der Waals surface area (Å²) < 4.78 is 2.23. The molecule has 0 radical (unpaired) electrons. The molecule has 0 aliphatic rings. The molecular weight excluding hydrogens is 272 g/mol. The van der Waals surface area contributed by atoms with Crippen LogP contribution in [0, 0.1) is 12.1 Å². The Morgan fingerprint density at radius 3 is 3.06 bits per heavy atom. The molecule has 0 N–H and O–H groups in total. The fourth-order valence-electron chi connectivity index (χ4n) is 1.70. The molecule has 0 amide bonds. The van der Waals surface area contributed by atoms with E-state index in [9.17, 15) is 5.21 Å². The van der Waals surface area contributed by atoms with E-state index in [0.717, 1.165) is 11.1 Å². The molecule has 6 heteroatoms. The second-order valence-corrected chi connectivity index (χ2v) is 4.45. The van der Waals surface area contributed by atoms with Gasteiger partial charge in [0.05, 0.1) is 6.20 Å². The van der Waals surface area contributed by atoms with Gasteiger partial charge in [-0.3, -0.25) is 0 Å². The van der Waals surface area contributed by atoms with Crippen LogP contribution in [-0.2, 0) is 0 Å². The lowest BCUT2D eigenvalue weighted by molar-refractivity contribution is -0.643. The van der Waals surface area contributed by atoms with Gasteiger partial charge in [0.1, 0.15) is 4.47 Å². The maximum Gasteiger partial charge on any atom is 0.348 e. The number of nitrogens with zero attached hydrogens (tertiary/aromatic N) is 4. The van der Waals surface area contributed by atoms with Crippen LogP contribution in [0.15, 0.2) is 28.9 Å². The summed E-state index contributed by atoms with van der Waals surface area (Å²) in [6.45, 7) is 1.99. The van der Waals surface area contributed by atoms with Crippen LogP contribution in [0.5, 0.6) is 0 Å².